The molecule has 0 aromatic carbocycles. The Hall–Kier alpha value is -0.845. The number of anilines is 1. The zero-order valence-electron chi connectivity index (χ0n) is 10.6. The largest absolute Gasteiger partial charge is 0.379 e. The maximum Gasteiger partial charge on any atom is 0.161 e. The molecule has 7 heteroatoms. The van der Waals surface area contributed by atoms with Gasteiger partial charge in [0.25, 0.3) is 0 Å². The van der Waals surface area contributed by atoms with Crippen molar-refractivity contribution in [2.24, 2.45) is 0 Å². The lowest BCUT2D eigenvalue weighted by Gasteiger charge is -2.19. The smallest absolute Gasteiger partial charge is 0.161 e. The topological polar surface area (TPSA) is 56.3 Å². The standard InChI is InChI=1S/C11H17BClN3O2/c1-3-17-9(18-4-2)5-8-10(13)15-7-16-11(8)14-6-12/h7,9H,3-6H2,1-2H3,(H,14,15,16). The number of halogens is 1. The molecule has 0 spiro atoms. The minimum Gasteiger partial charge on any atom is -0.379 e. The molecule has 1 N–H and O–H groups in total. The monoisotopic (exact) mass is 269 g/mol. The van der Waals surface area contributed by atoms with Gasteiger partial charge in [0.15, 0.2) is 6.29 Å². The molecule has 1 heterocycles. The van der Waals surface area contributed by atoms with Crippen molar-refractivity contribution in [1.29, 1.82) is 0 Å². The number of hydrogen-bond acceptors (Lipinski definition) is 5. The Labute approximate surface area is 114 Å². The third-order valence-electron chi connectivity index (χ3n) is 2.24. The van der Waals surface area contributed by atoms with Gasteiger partial charge in [0, 0.05) is 25.2 Å². The predicted octanol–water partition coefficient (Wildman–Crippen LogP) is 1.61. The van der Waals surface area contributed by atoms with Crippen molar-refractivity contribution in [2.45, 2.75) is 26.6 Å². The van der Waals surface area contributed by atoms with Gasteiger partial charge in [-0.15, -0.1) is 0 Å². The van der Waals surface area contributed by atoms with Gasteiger partial charge in [-0.3, -0.25) is 0 Å². The molecule has 98 valence electrons. The highest BCUT2D eigenvalue weighted by molar-refractivity contribution is 6.30. The highest BCUT2D eigenvalue weighted by atomic mass is 35.5. The van der Waals surface area contributed by atoms with E-state index in [1.807, 2.05) is 13.8 Å². The van der Waals surface area contributed by atoms with E-state index in [9.17, 15) is 0 Å². The maximum atomic E-state index is 6.07. The molecule has 0 saturated heterocycles. The SMILES string of the molecule is [B]CNc1ncnc(Cl)c1CC(OCC)OCC. The highest BCUT2D eigenvalue weighted by Gasteiger charge is 2.16. The molecule has 1 aromatic heterocycles. The Morgan fingerprint density at radius 1 is 1.33 bits per heavy atom. The average Bonchev–Trinajstić information content (AvgIpc) is 2.34. The van der Waals surface area contributed by atoms with Crippen LogP contribution in [0.5, 0.6) is 0 Å². The third-order valence-corrected chi connectivity index (χ3v) is 2.56. The first-order valence-corrected chi connectivity index (χ1v) is 6.27. The summed E-state index contributed by atoms with van der Waals surface area (Å²) >= 11 is 6.07. The molecule has 0 aliphatic rings. The van der Waals surface area contributed by atoms with Gasteiger partial charge < -0.3 is 14.8 Å². The van der Waals surface area contributed by atoms with Gasteiger partial charge >= 0.3 is 0 Å². The van der Waals surface area contributed by atoms with E-state index in [0.29, 0.717) is 30.6 Å². The molecule has 0 fully saturated rings. The second-order valence-corrected chi connectivity index (χ2v) is 3.77. The van der Waals surface area contributed by atoms with Crippen LogP contribution in [0.2, 0.25) is 5.15 Å². The molecular weight excluding hydrogens is 252 g/mol. The van der Waals surface area contributed by atoms with Gasteiger partial charge in [0.2, 0.25) is 0 Å². The Morgan fingerprint density at radius 2 is 2.00 bits per heavy atom. The van der Waals surface area contributed by atoms with Crippen LogP contribution in [-0.2, 0) is 15.9 Å². The van der Waals surface area contributed by atoms with Crippen LogP contribution in [0.3, 0.4) is 0 Å². The van der Waals surface area contributed by atoms with E-state index in [0.717, 1.165) is 5.56 Å². The molecule has 0 bridgehead atoms. The summed E-state index contributed by atoms with van der Waals surface area (Å²) in [5.74, 6) is 0.613. The lowest BCUT2D eigenvalue weighted by molar-refractivity contribution is -0.134. The van der Waals surface area contributed by atoms with E-state index in [4.69, 9.17) is 28.9 Å². The summed E-state index contributed by atoms with van der Waals surface area (Å²) in [5, 5.41) is 3.32. The van der Waals surface area contributed by atoms with Crippen LogP contribution in [0.1, 0.15) is 19.4 Å². The Bertz CT molecular complexity index is 362. The number of ether oxygens (including phenoxy) is 2. The number of aromatic nitrogens is 2. The number of rotatable bonds is 8. The number of hydrogen-bond donors (Lipinski definition) is 1. The van der Waals surface area contributed by atoms with Crippen LogP contribution in [0, 0.1) is 0 Å². The first-order valence-electron chi connectivity index (χ1n) is 5.89. The Morgan fingerprint density at radius 3 is 2.56 bits per heavy atom. The zero-order valence-corrected chi connectivity index (χ0v) is 11.4. The molecule has 0 atom stereocenters. The van der Waals surface area contributed by atoms with Crippen molar-refractivity contribution in [3.63, 3.8) is 0 Å². The van der Waals surface area contributed by atoms with Crippen LogP contribution in [-0.4, -0.2) is 43.8 Å². The van der Waals surface area contributed by atoms with Gasteiger partial charge in [0.05, 0.1) is 7.85 Å². The van der Waals surface area contributed by atoms with Gasteiger partial charge in [0.1, 0.15) is 17.3 Å². The normalized spacial score (nSPS) is 10.9. The van der Waals surface area contributed by atoms with E-state index in [1.54, 1.807) is 0 Å². The molecule has 0 aliphatic carbocycles. The lowest BCUT2D eigenvalue weighted by atomic mass is 10.1. The molecule has 0 saturated carbocycles. The minimum atomic E-state index is -0.359. The Balaban J connectivity index is 2.85. The molecule has 0 unspecified atom stereocenters. The van der Waals surface area contributed by atoms with Gasteiger partial charge in [-0.2, -0.15) is 0 Å². The van der Waals surface area contributed by atoms with Crippen LogP contribution in [0.15, 0.2) is 6.33 Å². The molecule has 0 aliphatic heterocycles. The van der Waals surface area contributed by atoms with E-state index >= 15 is 0 Å². The fourth-order valence-corrected chi connectivity index (χ4v) is 1.74. The van der Waals surface area contributed by atoms with Crippen molar-refractivity contribution in [3.05, 3.63) is 17.0 Å². The van der Waals surface area contributed by atoms with Crippen LogP contribution in [0.4, 0.5) is 5.82 Å². The summed E-state index contributed by atoms with van der Waals surface area (Å²) in [5.41, 5.74) is 0.747. The number of nitrogens with zero attached hydrogens (tertiary/aromatic N) is 2. The van der Waals surface area contributed by atoms with E-state index in [-0.39, 0.29) is 12.7 Å². The predicted molar refractivity (Wildman–Crippen MR) is 72.0 cm³/mol. The van der Waals surface area contributed by atoms with Crippen LogP contribution >= 0.6 is 11.6 Å². The van der Waals surface area contributed by atoms with Gasteiger partial charge in [-0.05, 0) is 20.3 Å². The molecule has 1 aromatic rings. The third kappa shape index (κ3) is 4.44. The molecule has 0 amide bonds. The molecule has 2 radical (unpaired) electrons. The van der Waals surface area contributed by atoms with Crippen molar-refractivity contribution in [2.75, 3.05) is 25.0 Å². The molecule has 1 rings (SSSR count). The highest BCUT2D eigenvalue weighted by Crippen LogP contribution is 2.22. The first-order chi connectivity index (χ1) is 8.72. The molecule has 18 heavy (non-hydrogen) atoms. The van der Waals surface area contributed by atoms with Crippen molar-refractivity contribution in [3.8, 4) is 0 Å². The quantitative estimate of drug-likeness (QED) is 0.441. The zero-order chi connectivity index (χ0) is 13.4. The second kappa shape index (κ2) is 8.29. The van der Waals surface area contributed by atoms with Crippen molar-refractivity contribution < 1.29 is 9.47 Å². The first kappa shape index (κ1) is 15.2. The minimum absolute atomic E-state index is 0.272. The maximum absolute atomic E-state index is 6.07. The summed E-state index contributed by atoms with van der Waals surface area (Å²) in [6.45, 7) is 4.95. The van der Waals surface area contributed by atoms with Gasteiger partial charge in [-0.1, -0.05) is 11.6 Å². The Kier molecular flexibility index (Phi) is 7.01. The summed E-state index contributed by atoms with van der Waals surface area (Å²) in [6, 6.07) is 0. The van der Waals surface area contributed by atoms with Gasteiger partial charge in [-0.25, -0.2) is 9.97 Å². The van der Waals surface area contributed by atoms with Crippen molar-refractivity contribution in [1.82, 2.24) is 9.97 Å². The summed E-state index contributed by atoms with van der Waals surface area (Å²) in [6.07, 6.45) is 1.78. The lowest BCUT2D eigenvalue weighted by Crippen LogP contribution is -2.21. The molecular formula is C11H17BClN3O2. The van der Waals surface area contributed by atoms with Crippen LogP contribution < -0.4 is 5.32 Å². The fourth-order valence-electron chi connectivity index (χ4n) is 1.53. The summed E-state index contributed by atoms with van der Waals surface area (Å²) in [4.78, 5) is 8.06. The van der Waals surface area contributed by atoms with Crippen molar-refractivity contribution >= 4 is 25.3 Å². The fraction of sp³-hybridized carbons (Fsp3) is 0.636. The average molecular weight is 270 g/mol. The van der Waals surface area contributed by atoms with E-state index < -0.39 is 0 Å². The molecule has 5 nitrogen and oxygen atoms in total. The van der Waals surface area contributed by atoms with E-state index in [2.05, 4.69) is 15.3 Å². The summed E-state index contributed by atoms with van der Waals surface area (Å²) in [7, 11) is 5.45. The summed E-state index contributed by atoms with van der Waals surface area (Å²) < 4.78 is 11.0. The number of nitrogens with one attached hydrogen (secondary N) is 1. The van der Waals surface area contributed by atoms with Crippen LogP contribution in [0.25, 0.3) is 0 Å². The van der Waals surface area contributed by atoms with E-state index in [1.165, 1.54) is 6.33 Å². The second-order valence-electron chi connectivity index (χ2n) is 3.42.